The molecule has 0 bridgehead atoms. The Kier molecular flexibility index (Phi) is 2.72. The fourth-order valence-electron chi connectivity index (χ4n) is 1.28. The molecule has 2 rings (SSSR count). The predicted molar refractivity (Wildman–Crippen MR) is 55.3 cm³/mol. The van der Waals surface area contributed by atoms with E-state index in [1.165, 1.54) is 12.1 Å². The van der Waals surface area contributed by atoms with Crippen LogP contribution in [-0.2, 0) is 0 Å². The molecule has 14 heavy (non-hydrogen) atoms. The summed E-state index contributed by atoms with van der Waals surface area (Å²) in [5.41, 5.74) is -0.0138. The Morgan fingerprint density at radius 2 is 1.86 bits per heavy atom. The van der Waals surface area contributed by atoms with E-state index in [0.29, 0.717) is 16.9 Å². The van der Waals surface area contributed by atoms with E-state index < -0.39 is 11.6 Å². The molecule has 0 spiro atoms. The maximum atomic E-state index is 13.2. The monoisotopic (exact) mass is 261 g/mol. The zero-order valence-corrected chi connectivity index (χ0v) is 9.07. The number of rotatable bonds is 3. The van der Waals surface area contributed by atoms with Crippen molar-refractivity contribution in [2.75, 3.05) is 11.9 Å². The van der Waals surface area contributed by atoms with E-state index in [4.69, 9.17) is 0 Å². The molecule has 0 aromatic heterocycles. The topological polar surface area (TPSA) is 12.0 Å². The quantitative estimate of drug-likeness (QED) is 0.878. The number of anilines is 1. The van der Waals surface area contributed by atoms with E-state index in [9.17, 15) is 8.78 Å². The largest absolute Gasteiger partial charge is 0.380 e. The molecule has 0 radical (unpaired) electrons. The number of hydrogen-bond donors (Lipinski definition) is 1. The lowest BCUT2D eigenvalue weighted by atomic mass is 10.3. The van der Waals surface area contributed by atoms with Crippen molar-refractivity contribution < 1.29 is 8.78 Å². The molecule has 1 nitrogen and oxygen atoms in total. The number of hydrogen-bond acceptors (Lipinski definition) is 1. The predicted octanol–water partition coefficient (Wildman–Crippen LogP) is 3.55. The lowest BCUT2D eigenvalue weighted by Crippen LogP contribution is -2.07. The number of benzene rings is 1. The van der Waals surface area contributed by atoms with Crippen LogP contribution in [0.2, 0.25) is 0 Å². The second-order valence-electron chi connectivity index (χ2n) is 3.57. The van der Waals surface area contributed by atoms with Gasteiger partial charge in [-0.3, -0.25) is 0 Å². The second-order valence-corrected chi connectivity index (χ2v) is 4.48. The summed E-state index contributed by atoms with van der Waals surface area (Å²) in [6.45, 7) is 0.662. The van der Waals surface area contributed by atoms with Gasteiger partial charge >= 0.3 is 0 Å². The Morgan fingerprint density at radius 1 is 1.29 bits per heavy atom. The summed E-state index contributed by atoms with van der Waals surface area (Å²) in [6.07, 6.45) is 2.32. The van der Waals surface area contributed by atoms with Crippen LogP contribution in [-0.4, -0.2) is 6.54 Å². The highest BCUT2D eigenvalue weighted by atomic mass is 79.9. The Bertz CT molecular complexity index is 327. The van der Waals surface area contributed by atoms with Gasteiger partial charge < -0.3 is 5.32 Å². The molecule has 0 atom stereocenters. The van der Waals surface area contributed by atoms with Crippen LogP contribution in [0.4, 0.5) is 14.5 Å². The van der Waals surface area contributed by atoms with Crippen molar-refractivity contribution in [1.29, 1.82) is 0 Å². The minimum Gasteiger partial charge on any atom is -0.380 e. The van der Waals surface area contributed by atoms with Gasteiger partial charge in [0.1, 0.15) is 17.3 Å². The molecule has 1 aliphatic carbocycles. The summed E-state index contributed by atoms with van der Waals surface area (Å²) >= 11 is 3.03. The first-order valence-electron chi connectivity index (χ1n) is 4.55. The summed E-state index contributed by atoms with van der Waals surface area (Å²) in [5, 5.41) is 2.80. The average Bonchev–Trinajstić information content (AvgIpc) is 2.85. The lowest BCUT2D eigenvalue weighted by molar-refractivity contribution is 0.585. The van der Waals surface area contributed by atoms with Gasteiger partial charge in [0.15, 0.2) is 0 Å². The fourth-order valence-corrected chi connectivity index (χ4v) is 1.68. The molecular weight excluding hydrogens is 252 g/mol. The first-order chi connectivity index (χ1) is 6.66. The van der Waals surface area contributed by atoms with Gasteiger partial charge in [0, 0.05) is 11.0 Å². The van der Waals surface area contributed by atoms with E-state index in [1.54, 1.807) is 0 Å². The Balaban J connectivity index is 2.13. The molecule has 1 N–H and O–H groups in total. The highest BCUT2D eigenvalue weighted by molar-refractivity contribution is 9.10. The number of halogens is 3. The Hall–Kier alpha value is -0.640. The molecule has 1 saturated carbocycles. The standard InChI is InChI=1S/C10H10BrF2N/c11-7-3-8(12)10(9(13)4-7)14-5-6-1-2-6/h3-4,6,14H,1-2,5H2. The van der Waals surface area contributed by atoms with E-state index >= 15 is 0 Å². The van der Waals surface area contributed by atoms with Crippen LogP contribution < -0.4 is 5.32 Å². The smallest absolute Gasteiger partial charge is 0.150 e. The summed E-state index contributed by atoms with van der Waals surface area (Å²) in [7, 11) is 0. The summed E-state index contributed by atoms with van der Waals surface area (Å²) in [6, 6.07) is 2.52. The van der Waals surface area contributed by atoms with Crippen LogP contribution in [0.3, 0.4) is 0 Å². The van der Waals surface area contributed by atoms with Crippen LogP contribution in [0.1, 0.15) is 12.8 Å². The Morgan fingerprint density at radius 3 is 2.36 bits per heavy atom. The van der Waals surface area contributed by atoms with Crippen molar-refractivity contribution >= 4 is 21.6 Å². The minimum absolute atomic E-state index is 0.0138. The van der Waals surface area contributed by atoms with Gasteiger partial charge in [-0.15, -0.1) is 0 Å². The minimum atomic E-state index is -0.544. The van der Waals surface area contributed by atoms with E-state index in [1.807, 2.05) is 0 Å². The summed E-state index contributed by atoms with van der Waals surface area (Å²) in [4.78, 5) is 0. The first kappa shape index (κ1) is 9.90. The lowest BCUT2D eigenvalue weighted by Gasteiger charge is -2.08. The van der Waals surface area contributed by atoms with Crippen LogP contribution in [0.5, 0.6) is 0 Å². The molecule has 4 heteroatoms. The summed E-state index contributed by atoms with van der Waals surface area (Å²) < 4.78 is 26.9. The zero-order chi connectivity index (χ0) is 10.1. The van der Waals surface area contributed by atoms with Crippen LogP contribution in [0.15, 0.2) is 16.6 Å². The van der Waals surface area contributed by atoms with Gasteiger partial charge in [0.25, 0.3) is 0 Å². The van der Waals surface area contributed by atoms with Crippen molar-refractivity contribution in [2.24, 2.45) is 5.92 Å². The third-order valence-corrected chi connectivity index (χ3v) is 2.73. The second kappa shape index (κ2) is 3.85. The third-order valence-electron chi connectivity index (χ3n) is 2.27. The molecule has 1 aliphatic rings. The molecule has 76 valence electrons. The van der Waals surface area contributed by atoms with Gasteiger partial charge in [0.2, 0.25) is 0 Å². The van der Waals surface area contributed by atoms with Gasteiger partial charge in [0.05, 0.1) is 0 Å². The molecule has 1 aromatic carbocycles. The van der Waals surface area contributed by atoms with E-state index in [2.05, 4.69) is 21.2 Å². The van der Waals surface area contributed by atoms with Crippen molar-refractivity contribution in [3.63, 3.8) is 0 Å². The third kappa shape index (κ3) is 2.23. The fraction of sp³-hybridized carbons (Fsp3) is 0.400. The summed E-state index contributed by atoms with van der Waals surface area (Å²) in [5.74, 6) is -0.493. The van der Waals surface area contributed by atoms with Crippen molar-refractivity contribution in [1.82, 2.24) is 0 Å². The SMILES string of the molecule is Fc1cc(Br)cc(F)c1NCC1CC1. The maximum Gasteiger partial charge on any atom is 0.150 e. The van der Waals surface area contributed by atoms with Crippen molar-refractivity contribution in [3.05, 3.63) is 28.2 Å². The van der Waals surface area contributed by atoms with E-state index in [0.717, 1.165) is 12.8 Å². The highest BCUT2D eigenvalue weighted by Gasteiger charge is 2.22. The maximum absolute atomic E-state index is 13.2. The van der Waals surface area contributed by atoms with Gasteiger partial charge in [-0.2, -0.15) is 0 Å². The van der Waals surface area contributed by atoms with Crippen LogP contribution in [0.25, 0.3) is 0 Å². The van der Waals surface area contributed by atoms with E-state index in [-0.39, 0.29) is 5.69 Å². The normalized spacial score (nSPS) is 15.6. The van der Waals surface area contributed by atoms with Crippen molar-refractivity contribution in [2.45, 2.75) is 12.8 Å². The van der Waals surface area contributed by atoms with Gasteiger partial charge in [-0.25, -0.2) is 8.78 Å². The molecule has 1 fully saturated rings. The average molecular weight is 262 g/mol. The highest BCUT2D eigenvalue weighted by Crippen LogP contribution is 2.30. The molecule has 0 unspecified atom stereocenters. The van der Waals surface area contributed by atoms with Crippen LogP contribution in [0, 0.1) is 17.6 Å². The molecule has 0 saturated heterocycles. The van der Waals surface area contributed by atoms with Crippen molar-refractivity contribution in [3.8, 4) is 0 Å². The first-order valence-corrected chi connectivity index (χ1v) is 5.34. The molecule has 1 aromatic rings. The molecule has 0 heterocycles. The molecular formula is C10H10BrF2N. The zero-order valence-electron chi connectivity index (χ0n) is 7.49. The molecule has 0 aliphatic heterocycles. The van der Waals surface area contributed by atoms with Crippen LogP contribution >= 0.6 is 15.9 Å². The van der Waals surface area contributed by atoms with Gasteiger partial charge in [-0.1, -0.05) is 15.9 Å². The molecule has 0 amide bonds. The number of nitrogens with one attached hydrogen (secondary N) is 1. The van der Waals surface area contributed by atoms with Gasteiger partial charge in [-0.05, 0) is 30.9 Å². The Labute approximate surface area is 89.6 Å².